The standard InChI is InChI=1S/C19H30N4O2.ClH/c1-3-23(4-2)19(25)17-8-6-16(7-9-17)18(24)21-10-5-13-22-14-11-20-12-15-22;/h6-9,20H,3-5,10-15H2,1-2H3,(H,21,24);1H. The lowest BCUT2D eigenvalue weighted by Crippen LogP contribution is -2.44. The van der Waals surface area contributed by atoms with Crippen LogP contribution in [0.3, 0.4) is 0 Å². The number of benzene rings is 1. The highest BCUT2D eigenvalue weighted by Gasteiger charge is 2.13. The number of nitrogens with zero attached hydrogens (tertiary/aromatic N) is 2. The van der Waals surface area contributed by atoms with Gasteiger partial charge in [-0.1, -0.05) is 0 Å². The number of carbonyl (C=O) groups excluding carboxylic acids is 2. The van der Waals surface area contributed by atoms with Crippen molar-refractivity contribution < 1.29 is 9.59 Å². The topological polar surface area (TPSA) is 64.7 Å². The Kier molecular flexibility index (Phi) is 10.2. The minimum Gasteiger partial charge on any atom is -0.352 e. The zero-order valence-electron chi connectivity index (χ0n) is 15.8. The van der Waals surface area contributed by atoms with E-state index in [9.17, 15) is 9.59 Å². The minimum atomic E-state index is -0.0813. The van der Waals surface area contributed by atoms with Crippen LogP contribution in [0.15, 0.2) is 24.3 Å². The molecule has 2 rings (SSSR count). The smallest absolute Gasteiger partial charge is 0.253 e. The van der Waals surface area contributed by atoms with Crippen LogP contribution in [-0.4, -0.2) is 74.0 Å². The molecule has 0 atom stereocenters. The Morgan fingerprint density at radius 2 is 1.65 bits per heavy atom. The van der Waals surface area contributed by atoms with Gasteiger partial charge in [-0.25, -0.2) is 0 Å². The third-order valence-corrected chi connectivity index (χ3v) is 4.59. The van der Waals surface area contributed by atoms with Crippen LogP contribution in [0.4, 0.5) is 0 Å². The Morgan fingerprint density at radius 3 is 2.23 bits per heavy atom. The van der Waals surface area contributed by atoms with E-state index in [-0.39, 0.29) is 24.2 Å². The summed E-state index contributed by atoms with van der Waals surface area (Å²) in [5, 5.41) is 6.29. The average molecular weight is 383 g/mol. The fourth-order valence-corrected chi connectivity index (χ4v) is 3.00. The number of hydrogen-bond donors (Lipinski definition) is 2. The molecule has 1 aliphatic rings. The number of amides is 2. The van der Waals surface area contributed by atoms with Crippen LogP contribution in [0, 0.1) is 0 Å². The number of hydrogen-bond acceptors (Lipinski definition) is 4. The average Bonchev–Trinajstić information content (AvgIpc) is 2.67. The second-order valence-corrected chi connectivity index (χ2v) is 6.26. The third-order valence-electron chi connectivity index (χ3n) is 4.59. The van der Waals surface area contributed by atoms with Gasteiger partial charge in [0.2, 0.25) is 0 Å². The van der Waals surface area contributed by atoms with Crippen LogP contribution in [0.5, 0.6) is 0 Å². The van der Waals surface area contributed by atoms with Crippen LogP contribution in [-0.2, 0) is 0 Å². The molecular formula is C19H31ClN4O2. The molecule has 1 fully saturated rings. The van der Waals surface area contributed by atoms with E-state index >= 15 is 0 Å². The van der Waals surface area contributed by atoms with E-state index in [1.54, 1.807) is 29.2 Å². The molecule has 0 radical (unpaired) electrons. The predicted molar refractivity (Wildman–Crippen MR) is 107 cm³/mol. The second kappa shape index (κ2) is 11.9. The van der Waals surface area contributed by atoms with Crippen LogP contribution < -0.4 is 10.6 Å². The number of carbonyl (C=O) groups is 2. The van der Waals surface area contributed by atoms with E-state index in [1.807, 2.05) is 13.8 Å². The summed E-state index contributed by atoms with van der Waals surface area (Å²) >= 11 is 0. The first-order valence-corrected chi connectivity index (χ1v) is 9.26. The maximum absolute atomic E-state index is 12.3. The highest BCUT2D eigenvalue weighted by Crippen LogP contribution is 2.08. The summed E-state index contributed by atoms with van der Waals surface area (Å²) in [6.45, 7) is 11.2. The van der Waals surface area contributed by atoms with Gasteiger partial charge in [0.05, 0.1) is 0 Å². The second-order valence-electron chi connectivity index (χ2n) is 6.26. The van der Waals surface area contributed by atoms with Crippen molar-refractivity contribution in [2.45, 2.75) is 20.3 Å². The number of piperazine rings is 1. The molecule has 1 aromatic rings. The molecule has 1 saturated heterocycles. The van der Waals surface area contributed by atoms with E-state index < -0.39 is 0 Å². The normalized spacial score (nSPS) is 14.4. The quantitative estimate of drug-likeness (QED) is 0.670. The van der Waals surface area contributed by atoms with Crippen molar-refractivity contribution in [2.24, 2.45) is 0 Å². The van der Waals surface area contributed by atoms with Crippen molar-refractivity contribution in [1.29, 1.82) is 0 Å². The fraction of sp³-hybridized carbons (Fsp3) is 0.579. The Labute approximate surface area is 162 Å². The highest BCUT2D eigenvalue weighted by molar-refractivity contribution is 5.97. The van der Waals surface area contributed by atoms with Crippen LogP contribution in [0.2, 0.25) is 0 Å². The SMILES string of the molecule is CCN(CC)C(=O)c1ccc(C(=O)NCCCN2CCNCC2)cc1.Cl. The maximum Gasteiger partial charge on any atom is 0.253 e. The zero-order valence-corrected chi connectivity index (χ0v) is 16.6. The minimum absolute atomic E-state index is 0. The number of halogens is 1. The molecule has 6 nitrogen and oxygen atoms in total. The van der Waals surface area contributed by atoms with Crippen molar-refractivity contribution in [2.75, 3.05) is 52.4 Å². The Bertz CT molecular complexity index is 555. The van der Waals surface area contributed by atoms with Crippen molar-refractivity contribution in [1.82, 2.24) is 20.4 Å². The molecule has 2 amide bonds. The zero-order chi connectivity index (χ0) is 18.1. The van der Waals surface area contributed by atoms with Gasteiger partial charge < -0.3 is 20.4 Å². The number of rotatable bonds is 8. The largest absolute Gasteiger partial charge is 0.352 e. The predicted octanol–water partition coefficient (Wildman–Crippen LogP) is 1.62. The van der Waals surface area contributed by atoms with E-state index in [2.05, 4.69) is 15.5 Å². The van der Waals surface area contributed by atoms with Gasteiger partial charge in [0.15, 0.2) is 0 Å². The van der Waals surface area contributed by atoms with Crippen molar-refractivity contribution >= 4 is 24.2 Å². The lowest BCUT2D eigenvalue weighted by Gasteiger charge is -2.27. The van der Waals surface area contributed by atoms with Crippen molar-refractivity contribution in [3.8, 4) is 0 Å². The summed E-state index contributed by atoms with van der Waals surface area (Å²) in [6, 6.07) is 6.91. The Hall–Kier alpha value is -1.63. The molecular weight excluding hydrogens is 352 g/mol. The molecule has 146 valence electrons. The Balaban J connectivity index is 0.00000338. The maximum atomic E-state index is 12.3. The molecule has 0 saturated carbocycles. The molecule has 0 spiro atoms. The summed E-state index contributed by atoms with van der Waals surface area (Å²) < 4.78 is 0. The molecule has 1 heterocycles. The first kappa shape index (κ1) is 22.4. The monoisotopic (exact) mass is 382 g/mol. The first-order chi connectivity index (χ1) is 12.2. The van der Waals surface area contributed by atoms with Gasteiger partial charge >= 0.3 is 0 Å². The van der Waals surface area contributed by atoms with Gasteiger partial charge in [-0.05, 0) is 51.1 Å². The summed E-state index contributed by atoms with van der Waals surface area (Å²) in [7, 11) is 0. The summed E-state index contributed by atoms with van der Waals surface area (Å²) in [6.07, 6.45) is 0.949. The van der Waals surface area contributed by atoms with Gasteiger partial charge in [0, 0.05) is 56.9 Å². The summed E-state index contributed by atoms with van der Waals surface area (Å²) in [5.74, 6) is -0.0740. The van der Waals surface area contributed by atoms with E-state index in [1.165, 1.54) is 0 Å². The van der Waals surface area contributed by atoms with E-state index in [0.717, 1.165) is 39.1 Å². The molecule has 1 aromatic carbocycles. The van der Waals surface area contributed by atoms with E-state index in [4.69, 9.17) is 0 Å². The highest BCUT2D eigenvalue weighted by atomic mass is 35.5. The van der Waals surface area contributed by atoms with Gasteiger partial charge in [-0.3, -0.25) is 9.59 Å². The van der Waals surface area contributed by atoms with E-state index in [0.29, 0.717) is 30.8 Å². The Morgan fingerprint density at radius 1 is 1.08 bits per heavy atom. The molecule has 7 heteroatoms. The fourth-order valence-electron chi connectivity index (χ4n) is 3.00. The molecule has 1 aliphatic heterocycles. The molecule has 2 N–H and O–H groups in total. The molecule has 0 aliphatic carbocycles. The van der Waals surface area contributed by atoms with Crippen LogP contribution in [0.25, 0.3) is 0 Å². The van der Waals surface area contributed by atoms with Crippen molar-refractivity contribution in [3.63, 3.8) is 0 Å². The lowest BCUT2D eigenvalue weighted by molar-refractivity contribution is 0.0772. The number of nitrogens with one attached hydrogen (secondary N) is 2. The summed E-state index contributed by atoms with van der Waals surface area (Å²) in [5.41, 5.74) is 1.22. The first-order valence-electron chi connectivity index (χ1n) is 9.26. The third kappa shape index (κ3) is 6.59. The van der Waals surface area contributed by atoms with Gasteiger partial charge in [-0.2, -0.15) is 0 Å². The van der Waals surface area contributed by atoms with Gasteiger partial charge in [0.25, 0.3) is 11.8 Å². The molecule has 0 unspecified atom stereocenters. The van der Waals surface area contributed by atoms with Gasteiger partial charge in [-0.15, -0.1) is 12.4 Å². The van der Waals surface area contributed by atoms with Crippen LogP contribution >= 0.6 is 12.4 Å². The molecule has 26 heavy (non-hydrogen) atoms. The van der Waals surface area contributed by atoms with Crippen molar-refractivity contribution in [3.05, 3.63) is 35.4 Å². The summed E-state index contributed by atoms with van der Waals surface area (Å²) in [4.78, 5) is 28.6. The lowest BCUT2D eigenvalue weighted by atomic mass is 10.1. The molecule has 0 aromatic heterocycles. The molecule has 0 bridgehead atoms. The van der Waals surface area contributed by atoms with Crippen LogP contribution in [0.1, 0.15) is 41.0 Å². The van der Waals surface area contributed by atoms with Gasteiger partial charge in [0.1, 0.15) is 0 Å².